The normalized spacial score (nSPS) is 18.9. The summed E-state index contributed by atoms with van der Waals surface area (Å²) in [4.78, 5) is 13.8. The molecule has 2 aromatic rings. The minimum absolute atomic E-state index is 0.338. The van der Waals surface area contributed by atoms with E-state index in [1.54, 1.807) is 14.2 Å². The largest absolute Gasteiger partial charge is 0.419 e. The third-order valence-corrected chi connectivity index (χ3v) is 4.46. The number of likely N-dealkylation sites (tertiary alicyclic amines) is 1. The molecule has 0 radical (unpaired) electrons. The van der Waals surface area contributed by atoms with Crippen molar-refractivity contribution in [1.82, 2.24) is 9.47 Å². The van der Waals surface area contributed by atoms with Gasteiger partial charge in [-0.25, -0.2) is 4.79 Å². The summed E-state index contributed by atoms with van der Waals surface area (Å²) in [5, 5.41) is 10.3. The SMILES string of the molecule is COCC1(O)CCN(Cc2ccc3c(c2)oc(=O)n3C)CC1. The summed E-state index contributed by atoms with van der Waals surface area (Å²) < 4.78 is 11.8. The molecule has 120 valence electrons. The van der Waals surface area contributed by atoms with Crippen molar-refractivity contribution in [3.05, 3.63) is 34.3 Å². The molecule has 3 rings (SSSR count). The number of hydrogen-bond acceptors (Lipinski definition) is 5. The smallest absolute Gasteiger partial charge is 0.408 e. The van der Waals surface area contributed by atoms with Crippen molar-refractivity contribution >= 4 is 11.1 Å². The van der Waals surface area contributed by atoms with Crippen LogP contribution in [0.4, 0.5) is 0 Å². The van der Waals surface area contributed by atoms with Crippen LogP contribution in [-0.4, -0.2) is 47.0 Å². The van der Waals surface area contributed by atoms with E-state index >= 15 is 0 Å². The summed E-state index contributed by atoms with van der Waals surface area (Å²) >= 11 is 0. The van der Waals surface area contributed by atoms with Crippen molar-refractivity contribution in [3.63, 3.8) is 0 Å². The average Bonchev–Trinajstić information content (AvgIpc) is 2.77. The maximum absolute atomic E-state index is 11.5. The summed E-state index contributed by atoms with van der Waals surface area (Å²) in [6.45, 7) is 2.84. The molecule has 1 fully saturated rings. The highest BCUT2D eigenvalue weighted by Crippen LogP contribution is 2.24. The minimum atomic E-state index is -0.693. The van der Waals surface area contributed by atoms with Crippen molar-refractivity contribution in [2.24, 2.45) is 7.05 Å². The Balaban J connectivity index is 1.68. The van der Waals surface area contributed by atoms with Crippen LogP contribution in [0.5, 0.6) is 0 Å². The summed E-state index contributed by atoms with van der Waals surface area (Å²) in [7, 11) is 3.32. The van der Waals surface area contributed by atoms with Crippen LogP contribution in [0.2, 0.25) is 0 Å². The van der Waals surface area contributed by atoms with Crippen LogP contribution in [0.3, 0.4) is 0 Å². The van der Waals surface area contributed by atoms with Gasteiger partial charge in [0.05, 0.1) is 17.7 Å². The Labute approximate surface area is 128 Å². The number of piperidine rings is 1. The molecule has 0 atom stereocenters. The van der Waals surface area contributed by atoms with E-state index in [9.17, 15) is 9.90 Å². The van der Waals surface area contributed by atoms with Gasteiger partial charge in [-0.1, -0.05) is 6.07 Å². The van der Waals surface area contributed by atoms with E-state index in [0.29, 0.717) is 25.0 Å². The summed E-state index contributed by atoms with van der Waals surface area (Å²) in [6.07, 6.45) is 1.42. The number of methoxy groups -OCH3 is 1. The number of nitrogens with zero attached hydrogens (tertiary/aromatic N) is 2. The Hall–Kier alpha value is -1.63. The second kappa shape index (κ2) is 5.87. The third-order valence-electron chi connectivity index (χ3n) is 4.46. The molecule has 0 aliphatic carbocycles. The Morgan fingerprint density at radius 1 is 1.36 bits per heavy atom. The zero-order valence-corrected chi connectivity index (χ0v) is 13.0. The zero-order chi connectivity index (χ0) is 15.7. The van der Waals surface area contributed by atoms with Crippen molar-refractivity contribution in [2.75, 3.05) is 26.8 Å². The molecule has 0 saturated carbocycles. The lowest BCUT2D eigenvalue weighted by Gasteiger charge is -2.37. The number of aromatic nitrogens is 1. The lowest BCUT2D eigenvalue weighted by Crippen LogP contribution is -2.46. The van der Waals surface area contributed by atoms with Gasteiger partial charge in [0, 0.05) is 33.8 Å². The number of aliphatic hydroxyl groups is 1. The highest BCUT2D eigenvalue weighted by atomic mass is 16.5. The molecule has 6 nitrogen and oxygen atoms in total. The van der Waals surface area contributed by atoms with Gasteiger partial charge >= 0.3 is 5.76 Å². The number of ether oxygens (including phenoxy) is 1. The molecule has 1 aliphatic rings. The van der Waals surface area contributed by atoms with Crippen LogP contribution < -0.4 is 5.76 Å². The maximum atomic E-state index is 11.5. The number of rotatable bonds is 4. The van der Waals surface area contributed by atoms with E-state index in [1.165, 1.54) is 4.57 Å². The Kier molecular flexibility index (Phi) is 4.08. The molecule has 1 saturated heterocycles. The quantitative estimate of drug-likeness (QED) is 0.916. The first-order valence-corrected chi connectivity index (χ1v) is 7.53. The maximum Gasteiger partial charge on any atom is 0.419 e. The fourth-order valence-corrected chi connectivity index (χ4v) is 3.08. The minimum Gasteiger partial charge on any atom is -0.408 e. The number of benzene rings is 1. The Morgan fingerprint density at radius 3 is 2.77 bits per heavy atom. The summed E-state index contributed by atoms with van der Waals surface area (Å²) in [5.74, 6) is -0.338. The van der Waals surface area contributed by atoms with Gasteiger partial charge in [-0.3, -0.25) is 9.47 Å². The zero-order valence-electron chi connectivity index (χ0n) is 13.0. The predicted molar refractivity (Wildman–Crippen MR) is 82.8 cm³/mol. The van der Waals surface area contributed by atoms with Gasteiger partial charge in [0.25, 0.3) is 0 Å². The first kappa shape index (κ1) is 15.3. The molecule has 0 spiro atoms. The molecule has 1 aliphatic heterocycles. The van der Waals surface area contributed by atoms with Gasteiger partial charge < -0.3 is 14.3 Å². The third kappa shape index (κ3) is 2.95. The van der Waals surface area contributed by atoms with Crippen LogP contribution in [0.25, 0.3) is 11.1 Å². The molecule has 22 heavy (non-hydrogen) atoms. The van der Waals surface area contributed by atoms with Gasteiger partial charge in [0.15, 0.2) is 5.58 Å². The van der Waals surface area contributed by atoms with Gasteiger partial charge in [-0.15, -0.1) is 0 Å². The van der Waals surface area contributed by atoms with Crippen LogP contribution in [0.15, 0.2) is 27.4 Å². The molecule has 1 aromatic heterocycles. The van der Waals surface area contributed by atoms with Crippen LogP contribution in [0, 0.1) is 0 Å². The average molecular weight is 306 g/mol. The Morgan fingerprint density at radius 2 is 2.09 bits per heavy atom. The lowest BCUT2D eigenvalue weighted by atomic mass is 9.92. The van der Waals surface area contributed by atoms with E-state index in [1.807, 2.05) is 18.2 Å². The Bertz CT molecular complexity index is 710. The topological polar surface area (TPSA) is 67.8 Å². The molecule has 0 unspecified atom stereocenters. The molecule has 1 N–H and O–H groups in total. The first-order valence-electron chi connectivity index (χ1n) is 7.53. The number of fused-ring (bicyclic) bond motifs is 1. The summed E-state index contributed by atoms with van der Waals surface area (Å²) in [6, 6.07) is 5.86. The second-order valence-electron chi connectivity index (χ2n) is 6.16. The summed E-state index contributed by atoms with van der Waals surface area (Å²) in [5.41, 5.74) is 1.85. The van der Waals surface area contributed by atoms with Crippen molar-refractivity contribution in [2.45, 2.75) is 25.0 Å². The van der Waals surface area contributed by atoms with E-state index < -0.39 is 5.60 Å². The van der Waals surface area contributed by atoms with Gasteiger partial charge in [0.2, 0.25) is 0 Å². The fourth-order valence-electron chi connectivity index (χ4n) is 3.08. The highest BCUT2D eigenvalue weighted by molar-refractivity contribution is 5.73. The first-order chi connectivity index (χ1) is 10.5. The van der Waals surface area contributed by atoms with E-state index in [-0.39, 0.29) is 5.76 Å². The van der Waals surface area contributed by atoms with E-state index in [0.717, 1.165) is 30.7 Å². The monoisotopic (exact) mass is 306 g/mol. The van der Waals surface area contributed by atoms with Crippen molar-refractivity contribution < 1.29 is 14.3 Å². The van der Waals surface area contributed by atoms with E-state index in [4.69, 9.17) is 9.15 Å². The molecular formula is C16H22N2O4. The van der Waals surface area contributed by atoms with Crippen LogP contribution in [0.1, 0.15) is 18.4 Å². The van der Waals surface area contributed by atoms with Gasteiger partial charge in [-0.05, 0) is 30.5 Å². The van der Waals surface area contributed by atoms with Crippen LogP contribution >= 0.6 is 0 Å². The number of oxazole rings is 1. The van der Waals surface area contributed by atoms with E-state index in [2.05, 4.69) is 4.90 Å². The lowest BCUT2D eigenvalue weighted by molar-refractivity contribution is -0.0719. The molecule has 2 heterocycles. The fraction of sp³-hybridized carbons (Fsp3) is 0.562. The molecule has 0 bridgehead atoms. The molecule has 0 amide bonds. The van der Waals surface area contributed by atoms with Crippen molar-refractivity contribution in [1.29, 1.82) is 0 Å². The predicted octanol–water partition coefficient (Wildman–Crippen LogP) is 1.10. The highest BCUT2D eigenvalue weighted by Gasteiger charge is 2.32. The second-order valence-corrected chi connectivity index (χ2v) is 6.16. The number of hydrogen-bond donors (Lipinski definition) is 1. The van der Waals surface area contributed by atoms with Crippen LogP contribution in [-0.2, 0) is 18.3 Å². The standard InChI is InChI=1S/C16H22N2O4/c1-17-13-4-3-12(9-14(13)22-15(17)19)10-18-7-5-16(20,6-8-18)11-21-2/h3-4,9,20H,5-8,10-11H2,1-2H3. The van der Waals surface area contributed by atoms with Gasteiger partial charge in [-0.2, -0.15) is 0 Å². The molecule has 6 heteroatoms. The molecule has 1 aromatic carbocycles. The van der Waals surface area contributed by atoms with Gasteiger partial charge in [0.1, 0.15) is 0 Å². The molecular weight excluding hydrogens is 284 g/mol. The van der Waals surface area contributed by atoms with Crippen molar-refractivity contribution in [3.8, 4) is 0 Å². The number of aryl methyl sites for hydroxylation is 1.